The average Bonchev–Trinajstić information content (AvgIpc) is 3.92. The van der Waals surface area contributed by atoms with Gasteiger partial charge >= 0.3 is 0 Å². The molecule has 3 heterocycles. The van der Waals surface area contributed by atoms with Crippen LogP contribution in [0.3, 0.4) is 0 Å². The van der Waals surface area contributed by atoms with Gasteiger partial charge in [-0.15, -0.1) is 0 Å². The molecule has 0 atom stereocenters. The van der Waals surface area contributed by atoms with Crippen molar-refractivity contribution in [1.29, 1.82) is 0 Å². The number of sulfone groups is 2. The van der Waals surface area contributed by atoms with Crippen molar-refractivity contribution in [2.24, 2.45) is 0 Å². The smallest absolute Gasteiger partial charge is 0.210 e. The van der Waals surface area contributed by atoms with Crippen LogP contribution in [0.15, 0.2) is 206 Å². The van der Waals surface area contributed by atoms with E-state index in [1.54, 1.807) is 48.5 Å². The van der Waals surface area contributed by atoms with Gasteiger partial charge in [-0.2, -0.15) is 0 Å². The summed E-state index contributed by atoms with van der Waals surface area (Å²) in [4.78, 5) is 0.103. The number of rotatable bonds is 6. The first-order valence-corrected chi connectivity index (χ1v) is 21.4. The normalized spacial score (nSPS) is 12.5. The van der Waals surface area contributed by atoms with E-state index in [1.807, 2.05) is 72.8 Å². The highest BCUT2D eigenvalue weighted by Gasteiger charge is 2.28. The Bertz CT molecular complexity index is 3310. The Labute approximate surface area is 327 Å². The third kappa shape index (κ3) is 4.89. The molecule has 11 aromatic rings. The number of para-hydroxylation sites is 6. The number of nitrogens with zero attached hydrogens (tertiary/aromatic N) is 2. The van der Waals surface area contributed by atoms with Gasteiger partial charge in [0, 0.05) is 43.7 Å². The number of fused-ring (bicyclic) bond motifs is 9. The summed E-state index contributed by atoms with van der Waals surface area (Å²) >= 11 is 0. The van der Waals surface area contributed by atoms with Crippen LogP contribution in [-0.2, 0) is 19.7 Å². The Morgan fingerprint density at radius 3 is 0.947 bits per heavy atom. The Morgan fingerprint density at radius 2 is 0.614 bits per heavy atom. The molecule has 3 aromatic heterocycles. The predicted octanol–water partition coefficient (Wildman–Crippen LogP) is 11.4. The van der Waals surface area contributed by atoms with Crippen LogP contribution in [0.1, 0.15) is 0 Å². The van der Waals surface area contributed by atoms with Crippen LogP contribution in [0.2, 0.25) is 0 Å². The molecule has 0 aliphatic carbocycles. The van der Waals surface area contributed by atoms with Crippen molar-refractivity contribution in [3.8, 4) is 11.4 Å². The van der Waals surface area contributed by atoms with Gasteiger partial charge in [0.2, 0.25) is 19.7 Å². The summed E-state index contributed by atoms with van der Waals surface area (Å²) in [6, 6.07) is 56.0. The van der Waals surface area contributed by atoms with Gasteiger partial charge in [0.15, 0.2) is 11.2 Å². The van der Waals surface area contributed by atoms with Crippen molar-refractivity contribution in [2.75, 3.05) is 0 Å². The summed E-state index contributed by atoms with van der Waals surface area (Å²) in [5.74, 6) is 0. The lowest BCUT2D eigenvalue weighted by Gasteiger charge is -2.10. The maximum atomic E-state index is 14.4. The molecule has 9 heteroatoms. The molecule has 0 radical (unpaired) electrons. The van der Waals surface area contributed by atoms with Crippen molar-refractivity contribution in [3.63, 3.8) is 0 Å². The minimum absolute atomic E-state index is 0.0420. The molecule has 0 amide bonds. The van der Waals surface area contributed by atoms with Gasteiger partial charge in [-0.25, -0.2) is 16.8 Å². The molecule has 0 unspecified atom stereocenters. The van der Waals surface area contributed by atoms with E-state index in [1.165, 1.54) is 12.1 Å². The summed E-state index contributed by atoms with van der Waals surface area (Å²) in [6.07, 6.45) is 0. The molecule has 0 aliphatic rings. The molecule has 7 nitrogen and oxygen atoms in total. The molecule has 0 saturated carbocycles. The van der Waals surface area contributed by atoms with E-state index >= 15 is 0 Å². The van der Waals surface area contributed by atoms with Gasteiger partial charge in [-0.05, 0) is 84.9 Å². The zero-order valence-corrected chi connectivity index (χ0v) is 31.7. The quantitative estimate of drug-likeness (QED) is 0.168. The summed E-state index contributed by atoms with van der Waals surface area (Å²) in [6.45, 7) is 0. The standard InChI is InChI=1S/C48H30N2O5S2/c51-56(52,33-27-23-31(24-28-33)49-41-17-5-1-11-35(41)36-12-2-6-18-42(36)49)45-21-9-15-39-40-16-10-22-46(48(40)55-47(39)45)57(53,54)34-29-25-32(26-30-34)50-43-19-7-3-13-37(43)38-14-4-8-20-44(38)50/h1-30H. The number of aromatic nitrogens is 2. The minimum atomic E-state index is -4.10. The molecule has 8 aromatic carbocycles. The largest absolute Gasteiger partial charge is 0.453 e. The summed E-state index contributed by atoms with van der Waals surface area (Å²) in [5, 5.41) is 5.45. The molecule has 0 fully saturated rings. The van der Waals surface area contributed by atoms with Gasteiger partial charge in [0.25, 0.3) is 0 Å². The number of furan rings is 1. The van der Waals surface area contributed by atoms with Crippen molar-refractivity contribution < 1.29 is 21.3 Å². The lowest BCUT2D eigenvalue weighted by molar-refractivity contribution is 0.589. The second-order valence-corrected chi connectivity index (χ2v) is 17.9. The van der Waals surface area contributed by atoms with Crippen LogP contribution in [-0.4, -0.2) is 26.0 Å². The fraction of sp³-hybridized carbons (Fsp3) is 0. The van der Waals surface area contributed by atoms with E-state index in [2.05, 4.69) is 57.7 Å². The average molecular weight is 779 g/mol. The lowest BCUT2D eigenvalue weighted by atomic mass is 10.1. The molecule has 0 aliphatic heterocycles. The van der Waals surface area contributed by atoms with Gasteiger partial charge in [-0.1, -0.05) is 97.1 Å². The van der Waals surface area contributed by atoms with Gasteiger partial charge < -0.3 is 13.6 Å². The molecule has 57 heavy (non-hydrogen) atoms. The summed E-state index contributed by atoms with van der Waals surface area (Å²) < 4.78 is 68.0. The first-order chi connectivity index (χ1) is 27.8. The van der Waals surface area contributed by atoms with Crippen LogP contribution < -0.4 is 0 Å². The third-order valence-corrected chi connectivity index (χ3v) is 14.6. The number of benzene rings is 8. The van der Waals surface area contributed by atoms with Gasteiger partial charge in [-0.3, -0.25) is 0 Å². The lowest BCUT2D eigenvalue weighted by Crippen LogP contribution is -2.03. The van der Waals surface area contributed by atoms with Crippen molar-refractivity contribution in [1.82, 2.24) is 9.13 Å². The molecule has 274 valence electrons. The monoisotopic (exact) mass is 778 g/mol. The van der Waals surface area contributed by atoms with E-state index in [-0.39, 0.29) is 30.7 Å². The van der Waals surface area contributed by atoms with E-state index in [4.69, 9.17) is 4.42 Å². The zero-order chi connectivity index (χ0) is 38.5. The second kappa shape index (κ2) is 12.3. The first-order valence-electron chi connectivity index (χ1n) is 18.4. The molecule has 0 saturated heterocycles. The predicted molar refractivity (Wildman–Crippen MR) is 226 cm³/mol. The maximum Gasteiger partial charge on any atom is 0.210 e. The van der Waals surface area contributed by atoms with Gasteiger partial charge in [0.05, 0.1) is 31.9 Å². The van der Waals surface area contributed by atoms with E-state index < -0.39 is 19.7 Å². The zero-order valence-electron chi connectivity index (χ0n) is 30.1. The van der Waals surface area contributed by atoms with Crippen molar-refractivity contribution >= 4 is 85.2 Å². The molecule has 0 N–H and O–H groups in total. The maximum absolute atomic E-state index is 14.4. The van der Waals surface area contributed by atoms with Crippen molar-refractivity contribution in [2.45, 2.75) is 19.6 Å². The van der Waals surface area contributed by atoms with Crippen LogP contribution in [0.5, 0.6) is 0 Å². The minimum Gasteiger partial charge on any atom is -0.453 e. The Kier molecular flexibility index (Phi) is 7.20. The summed E-state index contributed by atoms with van der Waals surface area (Å²) in [7, 11) is -8.19. The topological polar surface area (TPSA) is 91.3 Å². The van der Waals surface area contributed by atoms with E-state index in [0.717, 1.165) is 55.0 Å². The van der Waals surface area contributed by atoms with Crippen LogP contribution in [0.25, 0.3) is 76.9 Å². The third-order valence-electron chi connectivity index (χ3n) is 11.0. The Morgan fingerprint density at radius 1 is 0.316 bits per heavy atom. The number of hydrogen-bond donors (Lipinski definition) is 0. The van der Waals surface area contributed by atoms with E-state index in [0.29, 0.717) is 10.8 Å². The second-order valence-electron chi connectivity index (χ2n) is 14.1. The van der Waals surface area contributed by atoms with E-state index in [9.17, 15) is 16.8 Å². The fourth-order valence-corrected chi connectivity index (χ4v) is 11.2. The molecule has 0 spiro atoms. The highest BCUT2D eigenvalue weighted by Crippen LogP contribution is 2.40. The molecule has 0 bridgehead atoms. The molecular formula is C48H30N2O5S2. The molecule has 11 rings (SSSR count). The highest BCUT2D eigenvalue weighted by molar-refractivity contribution is 7.92. The van der Waals surface area contributed by atoms with Crippen LogP contribution in [0, 0.1) is 0 Å². The molecular weight excluding hydrogens is 749 g/mol. The summed E-state index contributed by atoms with van der Waals surface area (Å²) in [5.41, 5.74) is 5.93. The highest BCUT2D eigenvalue weighted by atomic mass is 32.2. The van der Waals surface area contributed by atoms with Crippen molar-refractivity contribution in [3.05, 3.63) is 182 Å². The Hall–Kier alpha value is -6.94. The SMILES string of the molecule is O=S(=O)(c1ccc(-n2c3ccccc3c3ccccc32)cc1)c1cccc2c1oc1c(S(=O)(=O)c3ccc(-n4c5ccccc5c5ccccc54)cc3)cccc12. The number of hydrogen-bond acceptors (Lipinski definition) is 5. The Balaban J connectivity index is 0.982. The fourth-order valence-electron chi connectivity index (χ4n) is 8.40. The van der Waals surface area contributed by atoms with Crippen LogP contribution >= 0.6 is 0 Å². The van der Waals surface area contributed by atoms with Crippen LogP contribution in [0.4, 0.5) is 0 Å². The van der Waals surface area contributed by atoms with Gasteiger partial charge in [0.1, 0.15) is 9.79 Å². The first kappa shape index (κ1) is 33.4.